The van der Waals surface area contributed by atoms with Crippen LogP contribution in [0.15, 0.2) is 11.3 Å². The van der Waals surface area contributed by atoms with Crippen LogP contribution in [-0.4, -0.2) is 41.7 Å². The van der Waals surface area contributed by atoms with Gasteiger partial charge in [0.05, 0.1) is 5.57 Å². The molecule has 0 aliphatic rings. The largest absolute Gasteiger partial charge is 0.489 e. The van der Waals surface area contributed by atoms with Crippen molar-refractivity contribution in [2.45, 2.75) is 43.7 Å². The lowest BCUT2D eigenvalue weighted by molar-refractivity contribution is -0.411. The Morgan fingerprint density at radius 3 is 1.12 bits per heavy atom. The number of halogens is 16. The fraction of sp³-hybridized carbons (Fsp3) is 0.778. The highest BCUT2D eigenvalue weighted by molar-refractivity contribution is 5.26. The molecule has 26 heavy (non-hydrogen) atoms. The maximum absolute atomic E-state index is 13.1. The summed E-state index contributed by atoms with van der Waals surface area (Å²) in [5, 5.41) is 0. The minimum absolute atomic E-state index is 0.944. The fourth-order valence-corrected chi connectivity index (χ4v) is 1.37. The van der Waals surface area contributed by atoms with Gasteiger partial charge in [-0.2, -0.15) is 57.1 Å². The molecule has 0 N–H and O–H groups in total. The number of rotatable bonds is 3. The minimum atomic E-state index is -7.60. The lowest BCUT2D eigenvalue weighted by Gasteiger charge is -2.40. The third kappa shape index (κ3) is 4.39. The van der Waals surface area contributed by atoms with Gasteiger partial charge in [-0.15, -0.1) is 13.2 Å². The Balaban J connectivity index is 7.25. The van der Waals surface area contributed by atoms with Crippen LogP contribution in [0, 0.1) is 0 Å². The average Bonchev–Trinajstić information content (AvgIpc) is 2.28. The lowest BCUT2D eigenvalue weighted by atomic mass is 10.1. The molecule has 0 aromatic heterocycles. The molecule has 0 aromatic carbocycles. The van der Waals surface area contributed by atoms with Gasteiger partial charge in [-0.05, 0) is 6.92 Å². The first-order chi connectivity index (χ1) is 10.9. The topological polar surface area (TPSA) is 3.24 Å². The predicted octanol–water partition coefficient (Wildman–Crippen LogP) is 6.00. The molecule has 0 aromatic rings. The predicted molar refractivity (Wildman–Crippen MR) is 48.7 cm³/mol. The Bertz CT molecular complexity index is 540. The number of allylic oxidation sites excluding steroid dienone is 2. The van der Waals surface area contributed by atoms with Gasteiger partial charge < -0.3 is 0 Å². The Labute approximate surface area is 131 Å². The van der Waals surface area contributed by atoms with Gasteiger partial charge in [-0.1, -0.05) is 0 Å². The van der Waals surface area contributed by atoms with E-state index in [0.29, 0.717) is 0 Å². The van der Waals surface area contributed by atoms with Gasteiger partial charge in [0.25, 0.3) is 0 Å². The number of alkyl halides is 16. The van der Waals surface area contributed by atoms with E-state index >= 15 is 0 Å². The van der Waals surface area contributed by atoms with E-state index < -0.39 is 59.9 Å². The van der Waals surface area contributed by atoms with Crippen molar-refractivity contribution in [3.63, 3.8) is 0 Å². The standard InChI is InChI=1S/C9H3F16N/c1-2(5(12,13)14)3(4(10,11)6(15,16)17)26(9(23,24)25)8(21,22)7(18,19)20/h1H3/b3-2-. The van der Waals surface area contributed by atoms with Gasteiger partial charge in [0.2, 0.25) is 0 Å². The summed E-state index contributed by atoms with van der Waals surface area (Å²) in [6, 6.07) is -7.60. The second-order valence-corrected chi connectivity index (χ2v) is 4.39. The molecule has 0 aliphatic heterocycles. The van der Waals surface area contributed by atoms with Gasteiger partial charge in [0.15, 0.2) is 0 Å². The van der Waals surface area contributed by atoms with Crippen LogP contribution in [0.5, 0.6) is 0 Å². The van der Waals surface area contributed by atoms with Crippen molar-refractivity contribution in [1.82, 2.24) is 4.90 Å². The highest BCUT2D eigenvalue weighted by Crippen LogP contribution is 2.54. The molecule has 0 amide bonds. The van der Waals surface area contributed by atoms with Gasteiger partial charge >= 0.3 is 36.8 Å². The fourth-order valence-electron chi connectivity index (χ4n) is 1.37. The van der Waals surface area contributed by atoms with Crippen molar-refractivity contribution >= 4 is 0 Å². The summed E-state index contributed by atoms with van der Waals surface area (Å²) in [7, 11) is 0. The third-order valence-electron chi connectivity index (χ3n) is 2.53. The molecule has 0 radical (unpaired) electrons. The monoisotopic (exact) mass is 429 g/mol. The van der Waals surface area contributed by atoms with Crippen molar-refractivity contribution in [3.8, 4) is 0 Å². The number of hydrogen-bond acceptors (Lipinski definition) is 1. The van der Waals surface area contributed by atoms with Crippen molar-refractivity contribution in [2.75, 3.05) is 0 Å². The highest BCUT2D eigenvalue weighted by atomic mass is 19.4. The third-order valence-corrected chi connectivity index (χ3v) is 2.53. The molecule has 0 unspecified atom stereocenters. The molecule has 0 atom stereocenters. The minimum Gasteiger partial charge on any atom is -0.213 e. The Hall–Kier alpha value is -1.58. The highest BCUT2D eigenvalue weighted by Gasteiger charge is 2.75. The summed E-state index contributed by atoms with van der Waals surface area (Å²) >= 11 is 0. The molecule has 0 bridgehead atoms. The molecule has 1 nitrogen and oxygen atoms in total. The van der Waals surface area contributed by atoms with Crippen LogP contribution in [-0.2, 0) is 0 Å². The van der Waals surface area contributed by atoms with Crippen molar-refractivity contribution in [2.24, 2.45) is 0 Å². The van der Waals surface area contributed by atoms with E-state index in [2.05, 4.69) is 0 Å². The molecule has 0 rings (SSSR count). The smallest absolute Gasteiger partial charge is 0.213 e. The summed E-state index contributed by atoms with van der Waals surface area (Å²) in [6.45, 7) is -0.944. The van der Waals surface area contributed by atoms with Gasteiger partial charge in [-0.3, -0.25) is 0 Å². The first kappa shape index (κ1) is 24.4. The van der Waals surface area contributed by atoms with Crippen LogP contribution >= 0.6 is 0 Å². The van der Waals surface area contributed by atoms with Crippen molar-refractivity contribution < 1.29 is 70.2 Å². The van der Waals surface area contributed by atoms with E-state index in [1.165, 1.54) is 0 Å². The molecule has 156 valence electrons. The molecule has 0 saturated carbocycles. The number of hydrogen-bond donors (Lipinski definition) is 0. The first-order valence-corrected chi connectivity index (χ1v) is 5.44. The van der Waals surface area contributed by atoms with Crippen molar-refractivity contribution in [1.29, 1.82) is 0 Å². The number of nitrogens with zero attached hydrogens (tertiary/aromatic N) is 1. The molecule has 0 aliphatic carbocycles. The van der Waals surface area contributed by atoms with Crippen molar-refractivity contribution in [3.05, 3.63) is 11.3 Å². The summed E-state index contributed by atoms with van der Waals surface area (Å²) in [5.41, 5.74) is -8.33. The van der Waals surface area contributed by atoms with Gasteiger partial charge in [0.1, 0.15) is 5.70 Å². The SMILES string of the molecule is C/C(=C(/N(C(F)(F)F)C(F)(F)C(F)(F)F)C(F)(F)C(F)(F)F)C(F)(F)F. The van der Waals surface area contributed by atoms with E-state index in [9.17, 15) is 70.2 Å². The maximum atomic E-state index is 13.1. The van der Waals surface area contributed by atoms with Crippen LogP contribution in [0.3, 0.4) is 0 Å². The Morgan fingerprint density at radius 2 is 0.923 bits per heavy atom. The van der Waals surface area contributed by atoms with E-state index in [0.717, 1.165) is 0 Å². The lowest BCUT2D eigenvalue weighted by Crippen LogP contribution is -2.62. The molecule has 0 fully saturated rings. The Morgan fingerprint density at radius 1 is 0.577 bits per heavy atom. The summed E-state index contributed by atoms with van der Waals surface area (Å²) < 4.78 is 200. The quantitative estimate of drug-likeness (QED) is 0.393. The summed E-state index contributed by atoms with van der Waals surface area (Å²) in [4.78, 5) is -3.89. The molecule has 0 spiro atoms. The van der Waals surface area contributed by atoms with Crippen LogP contribution in [0.2, 0.25) is 0 Å². The zero-order chi connectivity index (χ0) is 21.7. The first-order valence-electron chi connectivity index (χ1n) is 5.44. The van der Waals surface area contributed by atoms with Crippen LogP contribution in [0.25, 0.3) is 0 Å². The van der Waals surface area contributed by atoms with E-state index in [1.54, 1.807) is 0 Å². The van der Waals surface area contributed by atoms with E-state index in [4.69, 9.17) is 0 Å². The van der Waals surface area contributed by atoms with Crippen LogP contribution in [0.4, 0.5) is 70.2 Å². The maximum Gasteiger partial charge on any atom is 0.489 e. The molecule has 0 saturated heterocycles. The second kappa shape index (κ2) is 6.24. The van der Waals surface area contributed by atoms with Gasteiger partial charge in [0, 0.05) is 0 Å². The molecule has 17 heteroatoms. The zero-order valence-corrected chi connectivity index (χ0v) is 11.5. The molecule has 0 heterocycles. The summed E-state index contributed by atoms with van der Waals surface area (Å²) in [5.74, 6) is -7.38. The van der Waals surface area contributed by atoms with E-state index in [1.807, 2.05) is 0 Å². The normalized spacial score (nSPS) is 16.5. The second-order valence-electron chi connectivity index (χ2n) is 4.39. The summed E-state index contributed by atoms with van der Waals surface area (Å²) in [6.07, 6.45) is -28.8. The molecular weight excluding hydrogens is 426 g/mol. The van der Waals surface area contributed by atoms with Crippen LogP contribution < -0.4 is 0 Å². The molecular formula is C9H3F16N. The van der Waals surface area contributed by atoms with E-state index in [-0.39, 0.29) is 0 Å². The average molecular weight is 429 g/mol. The van der Waals surface area contributed by atoms with Gasteiger partial charge in [-0.25, -0.2) is 4.90 Å². The Kier molecular flexibility index (Phi) is 5.86. The zero-order valence-electron chi connectivity index (χ0n) is 11.5. The van der Waals surface area contributed by atoms with Crippen LogP contribution in [0.1, 0.15) is 6.92 Å².